The number of allylic oxidation sites excluding steroid dienone is 2. The Hall–Kier alpha value is -2.23. The van der Waals surface area contributed by atoms with E-state index in [-0.39, 0.29) is 0 Å². The van der Waals surface area contributed by atoms with Gasteiger partial charge in [0.05, 0.1) is 12.1 Å². The lowest BCUT2D eigenvalue weighted by Gasteiger charge is -2.27. The van der Waals surface area contributed by atoms with E-state index in [0.717, 1.165) is 35.2 Å². The number of alkyl carbamates (subject to hydrolysis) is 1. The van der Waals surface area contributed by atoms with Crippen LogP contribution in [0, 0.1) is 0 Å². The van der Waals surface area contributed by atoms with Crippen LogP contribution in [0.5, 0.6) is 0 Å². The second-order valence-electron chi connectivity index (χ2n) is 6.98. The minimum absolute atomic E-state index is 0.326. The zero-order chi connectivity index (χ0) is 19.0. The maximum absolute atomic E-state index is 12.1. The van der Waals surface area contributed by atoms with Crippen LogP contribution in [0.1, 0.15) is 51.7 Å². The highest BCUT2D eigenvalue weighted by Crippen LogP contribution is 2.23. The van der Waals surface area contributed by atoms with Crippen LogP contribution >= 0.6 is 0 Å². The molecule has 1 rings (SSSR count). The predicted octanol–water partition coefficient (Wildman–Crippen LogP) is 4.93. The van der Waals surface area contributed by atoms with E-state index < -0.39 is 11.6 Å². The fourth-order valence-corrected chi connectivity index (χ4v) is 2.45. The first-order valence-corrected chi connectivity index (χ1v) is 8.77. The van der Waals surface area contributed by atoms with Crippen molar-refractivity contribution in [2.45, 2.75) is 46.1 Å². The number of nitrogens with zero attached hydrogens (tertiary/aromatic N) is 1. The molecule has 0 aromatic heterocycles. The second kappa shape index (κ2) is 9.30. The molecule has 0 unspecified atom stereocenters. The molecule has 4 heteroatoms. The Bertz CT molecular complexity index is 620. The number of hydrogen-bond donors (Lipinski definition) is 1. The highest BCUT2D eigenvalue weighted by Gasteiger charge is 2.24. The van der Waals surface area contributed by atoms with E-state index in [1.807, 2.05) is 57.0 Å². The van der Waals surface area contributed by atoms with Crippen molar-refractivity contribution in [3.05, 3.63) is 54.2 Å². The summed E-state index contributed by atoms with van der Waals surface area (Å²) in [6.07, 6.45) is 1.59. The summed E-state index contributed by atoms with van der Waals surface area (Å²) in [6, 6.07) is 8.03. The molecule has 0 aliphatic rings. The summed E-state index contributed by atoms with van der Waals surface area (Å²) < 4.78 is 5.33. The standard InChI is InChI=1S/C21H32N2O2/c1-8-10-17(4)23(7)13-14-25-20(24)22-21(5,6)19-12-9-11-18(15-19)16(2)3/h9,11-12,15H,2,4,8,10,13-14H2,1,3,5-7H3,(H,22,24). The molecule has 0 heterocycles. The second-order valence-corrected chi connectivity index (χ2v) is 6.98. The SMILES string of the molecule is C=C(C)c1cccc(C(C)(C)NC(=O)OCCN(C)C(=C)CCC)c1. The van der Waals surface area contributed by atoms with Crippen molar-refractivity contribution in [1.82, 2.24) is 10.2 Å². The summed E-state index contributed by atoms with van der Waals surface area (Å²) in [4.78, 5) is 14.2. The molecule has 0 spiro atoms. The van der Waals surface area contributed by atoms with Gasteiger partial charge in [0.15, 0.2) is 0 Å². The molecule has 0 saturated carbocycles. The van der Waals surface area contributed by atoms with Crippen molar-refractivity contribution in [1.29, 1.82) is 0 Å². The fraction of sp³-hybridized carbons (Fsp3) is 0.476. The molecule has 0 aliphatic heterocycles. The average Bonchev–Trinajstić information content (AvgIpc) is 2.54. The minimum Gasteiger partial charge on any atom is -0.448 e. The Labute approximate surface area is 152 Å². The number of ether oxygens (including phenoxy) is 1. The monoisotopic (exact) mass is 344 g/mol. The summed E-state index contributed by atoms with van der Waals surface area (Å²) in [5.41, 5.74) is 3.61. The Morgan fingerprint density at radius 1 is 1.32 bits per heavy atom. The van der Waals surface area contributed by atoms with Gasteiger partial charge in [-0.05, 0) is 44.4 Å². The largest absolute Gasteiger partial charge is 0.448 e. The highest BCUT2D eigenvalue weighted by atomic mass is 16.5. The first-order valence-electron chi connectivity index (χ1n) is 8.77. The van der Waals surface area contributed by atoms with E-state index in [9.17, 15) is 4.79 Å². The fourth-order valence-electron chi connectivity index (χ4n) is 2.45. The van der Waals surface area contributed by atoms with Crippen molar-refractivity contribution in [2.75, 3.05) is 20.2 Å². The number of hydrogen-bond acceptors (Lipinski definition) is 3. The molecule has 0 saturated heterocycles. The van der Waals surface area contributed by atoms with E-state index in [1.54, 1.807) is 0 Å². The van der Waals surface area contributed by atoms with E-state index in [1.165, 1.54) is 0 Å². The average molecular weight is 344 g/mol. The van der Waals surface area contributed by atoms with Gasteiger partial charge < -0.3 is 15.0 Å². The van der Waals surface area contributed by atoms with Crippen LogP contribution in [0.15, 0.2) is 43.1 Å². The lowest BCUT2D eigenvalue weighted by Crippen LogP contribution is -2.42. The molecule has 1 aromatic rings. The van der Waals surface area contributed by atoms with Crippen LogP contribution in [0.25, 0.3) is 5.57 Å². The lowest BCUT2D eigenvalue weighted by atomic mass is 9.92. The van der Waals surface area contributed by atoms with Gasteiger partial charge in [-0.1, -0.05) is 50.3 Å². The molecule has 0 aliphatic carbocycles. The van der Waals surface area contributed by atoms with Gasteiger partial charge in [0.25, 0.3) is 0 Å². The van der Waals surface area contributed by atoms with Gasteiger partial charge in [0, 0.05) is 12.7 Å². The quantitative estimate of drug-likeness (QED) is 0.691. The maximum atomic E-state index is 12.1. The Balaban J connectivity index is 2.56. The summed E-state index contributed by atoms with van der Waals surface area (Å²) in [5.74, 6) is 0. The number of amides is 1. The number of benzene rings is 1. The Morgan fingerprint density at radius 3 is 2.60 bits per heavy atom. The summed E-state index contributed by atoms with van der Waals surface area (Å²) in [7, 11) is 1.96. The van der Waals surface area contributed by atoms with E-state index >= 15 is 0 Å². The first-order chi connectivity index (χ1) is 11.7. The number of carbonyl (C=O) groups excluding carboxylic acids is 1. The Morgan fingerprint density at radius 2 is 2.00 bits per heavy atom. The molecule has 4 nitrogen and oxygen atoms in total. The van der Waals surface area contributed by atoms with Gasteiger partial charge >= 0.3 is 6.09 Å². The molecule has 0 bridgehead atoms. The number of nitrogens with one attached hydrogen (secondary N) is 1. The molecule has 0 radical (unpaired) electrons. The van der Waals surface area contributed by atoms with Gasteiger partial charge in [-0.2, -0.15) is 0 Å². The number of rotatable bonds is 9. The zero-order valence-corrected chi connectivity index (χ0v) is 16.3. The van der Waals surface area contributed by atoms with Gasteiger partial charge in [-0.15, -0.1) is 0 Å². The molecular weight excluding hydrogens is 312 g/mol. The Kier molecular flexibility index (Phi) is 7.75. The van der Waals surface area contributed by atoms with Crippen molar-refractivity contribution < 1.29 is 9.53 Å². The lowest BCUT2D eigenvalue weighted by molar-refractivity contribution is 0.127. The van der Waals surface area contributed by atoms with Crippen LogP contribution in [-0.2, 0) is 10.3 Å². The van der Waals surface area contributed by atoms with Crippen LogP contribution < -0.4 is 5.32 Å². The smallest absolute Gasteiger partial charge is 0.407 e. The third kappa shape index (κ3) is 6.65. The zero-order valence-electron chi connectivity index (χ0n) is 16.3. The molecule has 25 heavy (non-hydrogen) atoms. The molecule has 1 N–H and O–H groups in total. The predicted molar refractivity (Wildman–Crippen MR) is 105 cm³/mol. The summed E-state index contributed by atoms with van der Waals surface area (Å²) in [6.45, 7) is 17.0. The third-order valence-corrected chi connectivity index (χ3v) is 4.23. The minimum atomic E-state index is -0.528. The molecular formula is C21H32N2O2. The van der Waals surface area contributed by atoms with Gasteiger partial charge in [-0.3, -0.25) is 0 Å². The molecule has 1 amide bonds. The normalized spacial score (nSPS) is 10.9. The summed E-state index contributed by atoms with van der Waals surface area (Å²) in [5, 5.41) is 2.94. The van der Waals surface area contributed by atoms with E-state index in [2.05, 4.69) is 25.4 Å². The van der Waals surface area contributed by atoms with Crippen LogP contribution in [0.3, 0.4) is 0 Å². The molecule has 1 aromatic carbocycles. The molecule has 0 fully saturated rings. The molecule has 0 atom stereocenters. The van der Waals surface area contributed by atoms with Gasteiger partial charge in [0.1, 0.15) is 6.61 Å². The first kappa shape index (κ1) is 20.8. The third-order valence-electron chi connectivity index (χ3n) is 4.23. The number of likely N-dealkylation sites (N-methyl/N-ethyl adjacent to an activating group) is 1. The van der Waals surface area contributed by atoms with Crippen molar-refractivity contribution >= 4 is 11.7 Å². The van der Waals surface area contributed by atoms with Crippen LogP contribution in [-0.4, -0.2) is 31.2 Å². The van der Waals surface area contributed by atoms with Crippen molar-refractivity contribution in [3.8, 4) is 0 Å². The van der Waals surface area contributed by atoms with Crippen LogP contribution in [0.4, 0.5) is 4.79 Å². The van der Waals surface area contributed by atoms with Crippen LogP contribution in [0.2, 0.25) is 0 Å². The van der Waals surface area contributed by atoms with E-state index in [0.29, 0.717) is 13.2 Å². The number of carbonyl (C=O) groups is 1. The van der Waals surface area contributed by atoms with Crippen molar-refractivity contribution in [3.63, 3.8) is 0 Å². The highest BCUT2D eigenvalue weighted by molar-refractivity contribution is 5.69. The van der Waals surface area contributed by atoms with Gasteiger partial charge in [0.2, 0.25) is 0 Å². The van der Waals surface area contributed by atoms with Crippen molar-refractivity contribution in [2.24, 2.45) is 0 Å². The maximum Gasteiger partial charge on any atom is 0.407 e. The topological polar surface area (TPSA) is 41.6 Å². The van der Waals surface area contributed by atoms with Gasteiger partial charge in [-0.25, -0.2) is 4.79 Å². The van der Waals surface area contributed by atoms with E-state index in [4.69, 9.17) is 4.74 Å². The molecule has 138 valence electrons. The summed E-state index contributed by atoms with van der Waals surface area (Å²) >= 11 is 0.